The fourth-order valence-corrected chi connectivity index (χ4v) is 12.2. The lowest BCUT2D eigenvalue weighted by molar-refractivity contribution is 0.408. The lowest BCUT2D eigenvalue weighted by atomic mass is 10.1. The molecule has 0 spiro atoms. The average molecular weight is 1230 g/mol. The lowest BCUT2D eigenvalue weighted by Crippen LogP contribution is -2.25. The SMILES string of the molecule is COc1c2cc(Cl)cc1N(Cc1ccccc1)c1cc(Cl)cc(c1OC)N(Cc1ccccc1)c1cc(Cl)cc(c1OC)N(Cc1ccccc1)c1cc(Cl)cc(c1OC)N(Cc1ccccc1)c1cc(Cl)cc(c1OC)N2Cc1ccccc1. The summed E-state index contributed by atoms with van der Waals surface area (Å²) in [5.74, 6) is 2.37. The monoisotopic (exact) mass is 1230 g/mol. The minimum absolute atomic E-state index is 0.310. The van der Waals surface area contributed by atoms with E-state index in [-0.39, 0.29) is 0 Å². The number of hydrogen-bond acceptors (Lipinski definition) is 10. The van der Waals surface area contributed by atoms with Gasteiger partial charge < -0.3 is 48.2 Å². The molecule has 1 heterocycles. The van der Waals surface area contributed by atoms with Crippen molar-refractivity contribution in [3.05, 3.63) is 265 Å². The Morgan fingerprint density at radius 3 is 0.471 bits per heavy atom. The first kappa shape index (κ1) is 58.4. The van der Waals surface area contributed by atoms with Crippen LogP contribution in [0.4, 0.5) is 56.9 Å². The fourth-order valence-electron chi connectivity index (χ4n) is 11.2. The molecule has 430 valence electrons. The third-order valence-corrected chi connectivity index (χ3v) is 16.0. The van der Waals surface area contributed by atoms with E-state index in [0.29, 0.717) is 143 Å². The molecular weight excluding hydrogens is 1170 g/mol. The van der Waals surface area contributed by atoms with Crippen molar-refractivity contribution in [1.82, 2.24) is 0 Å². The van der Waals surface area contributed by atoms with E-state index < -0.39 is 0 Å². The number of halogens is 5. The van der Waals surface area contributed by atoms with Gasteiger partial charge in [0.2, 0.25) is 0 Å². The molecule has 0 aliphatic carbocycles. The van der Waals surface area contributed by atoms with E-state index in [1.54, 1.807) is 35.5 Å². The summed E-state index contributed by atoms with van der Waals surface area (Å²) in [5.41, 5.74) is 10.9. The van der Waals surface area contributed by atoms with Crippen LogP contribution in [0.1, 0.15) is 27.8 Å². The van der Waals surface area contributed by atoms with E-state index in [2.05, 4.69) is 85.2 Å². The second-order valence-electron chi connectivity index (χ2n) is 20.2. The average Bonchev–Trinajstić information content (AvgIpc) is 1.77. The molecule has 0 radical (unpaired) electrons. The van der Waals surface area contributed by atoms with Crippen LogP contribution in [0, 0.1) is 0 Å². The van der Waals surface area contributed by atoms with E-state index in [0.717, 1.165) is 27.8 Å². The van der Waals surface area contributed by atoms with Gasteiger partial charge >= 0.3 is 0 Å². The molecule has 0 atom stereocenters. The second kappa shape index (κ2) is 26.3. The highest BCUT2D eigenvalue weighted by Crippen LogP contribution is 2.57. The smallest absolute Gasteiger partial charge is 0.166 e. The van der Waals surface area contributed by atoms with E-state index in [4.69, 9.17) is 81.7 Å². The van der Waals surface area contributed by atoms with Gasteiger partial charge in [-0.1, -0.05) is 210 Å². The first-order valence-corrected chi connectivity index (χ1v) is 29.3. The van der Waals surface area contributed by atoms with Gasteiger partial charge in [-0.3, -0.25) is 0 Å². The summed E-state index contributed by atoms with van der Waals surface area (Å²) in [6, 6.07) is 69.9. The fraction of sp³-hybridized carbons (Fsp3) is 0.143. The Bertz CT molecular complexity index is 3240. The predicted octanol–water partition coefficient (Wildman–Crippen LogP) is 20.0. The molecule has 0 N–H and O–H groups in total. The van der Waals surface area contributed by atoms with Crippen molar-refractivity contribution >= 4 is 115 Å². The number of rotatable bonds is 15. The van der Waals surface area contributed by atoms with Gasteiger partial charge in [-0.05, 0) is 88.5 Å². The van der Waals surface area contributed by atoms with Crippen LogP contribution in [0.3, 0.4) is 0 Å². The van der Waals surface area contributed by atoms with Crippen molar-refractivity contribution in [2.75, 3.05) is 60.0 Å². The zero-order chi connectivity index (χ0) is 59.1. The quantitative estimate of drug-likeness (QED) is 0.0992. The summed E-state index contributed by atoms with van der Waals surface area (Å²) in [5, 5.41) is 2.06. The van der Waals surface area contributed by atoms with Crippen LogP contribution in [0.15, 0.2) is 212 Å². The normalized spacial score (nSPS) is 12.2. The number of nitrogens with zero attached hydrogens (tertiary/aromatic N) is 5. The van der Waals surface area contributed by atoms with Crippen LogP contribution in [0.25, 0.3) is 0 Å². The van der Waals surface area contributed by atoms with Crippen LogP contribution < -0.4 is 48.2 Å². The number of ether oxygens (including phenoxy) is 5. The summed E-state index contributed by atoms with van der Waals surface area (Å²) in [6.07, 6.45) is 0. The Hall–Kier alpha value is -8.35. The first-order valence-electron chi connectivity index (χ1n) is 27.4. The van der Waals surface area contributed by atoms with Crippen molar-refractivity contribution in [2.24, 2.45) is 0 Å². The number of hydrogen-bond donors (Lipinski definition) is 0. The topological polar surface area (TPSA) is 62.4 Å². The molecule has 0 amide bonds. The minimum Gasteiger partial charge on any atom is -0.492 e. The summed E-state index contributed by atoms with van der Waals surface area (Å²) in [7, 11) is 8.30. The highest BCUT2D eigenvalue weighted by Gasteiger charge is 2.34. The van der Waals surface area contributed by atoms with Crippen LogP contribution >= 0.6 is 58.0 Å². The molecule has 0 fully saturated rings. The first-order chi connectivity index (χ1) is 41.5. The molecule has 0 saturated heterocycles. The van der Waals surface area contributed by atoms with Crippen molar-refractivity contribution < 1.29 is 23.7 Å². The number of fused-ring (bicyclic) bond motifs is 10. The minimum atomic E-state index is 0.310. The molecule has 15 heteroatoms. The van der Waals surface area contributed by atoms with Gasteiger partial charge in [0, 0.05) is 57.8 Å². The highest BCUT2D eigenvalue weighted by atomic mass is 35.5. The van der Waals surface area contributed by atoms with Crippen molar-refractivity contribution in [3.8, 4) is 28.7 Å². The number of benzene rings is 10. The van der Waals surface area contributed by atoms with Gasteiger partial charge in [-0.25, -0.2) is 0 Å². The number of anilines is 10. The van der Waals surface area contributed by atoms with Crippen molar-refractivity contribution in [1.29, 1.82) is 0 Å². The number of methoxy groups -OCH3 is 5. The maximum atomic E-state index is 7.54. The van der Waals surface area contributed by atoms with Gasteiger partial charge in [0.05, 0.1) is 92.4 Å². The Balaban J connectivity index is 1.32. The molecule has 10 bridgehead atoms. The largest absolute Gasteiger partial charge is 0.492 e. The van der Waals surface area contributed by atoms with Gasteiger partial charge in [0.25, 0.3) is 0 Å². The lowest BCUT2D eigenvalue weighted by Gasteiger charge is -2.37. The Morgan fingerprint density at radius 1 is 0.224 bits per heavy atom. The molecule has 10 aromatic carbocycles. The molecule has 0 aromatic heterocycles. The molecule has 1 aliphatic rings. The van der Waals surface area contributed by atoms with Crippen molar-refractivity contribution in [3.63, 3.8) is 0 Å². The maximum absolute atomic E-state index is 7.54. The third-order valence-electron chi connectivity index (χ3n) is 14.9. The summed E-state index contributed by atoms with van der Waals surface area (Å²) < 4.78 is 33.8. The molecule has 85 heavy (non-hydrogen) atoms. The third kappa shape index (κ3) is 12.4. The van der Waals surface area contributed by atoms with Gasteiger partial charge in [-0.2, -0.15) is 0 Å². The Kier molecular flexibility index (Phi) is 18.1. The van der Waals surface area contributed by atoms with Crippen LogP contribution in [0.5, 0.6) is 28.7 Å². The summed E-state index contributed by atoms with van der Waals surface area (Å²) >= 11 is 37.7. The zero-order valence-corrected chi connectivity index (χ0v) is 51.2. The molecule has 11 rings (SSSR count). The zero-order valence-electron chi connectivity index (χ0n) is 47.4. The molecule has 0 unspecified atom stereocenters. The Morgan fingerprint density at radius 2 is 0.353 bits per heavy atom. The second-order valence-corrected chi connectivity index (χ2v) is 22.4. The molecule has 10 nitrogen and oxygen atoms in total. The standard InChI is InChI=1S/C70H60Cl5N5O5/c1-81-66-56-31-51(71)32-57(66)77(42-47-23-13-7-14-24-47)59-34-53(73)36-61(68(59)83-3)79(44-49-27-17-9-18-28-49)63-38-55(75)40-65(70(63)85-5)80(45-50-29-19-10-20-30-50)64-39-54(74)37-62(69(64)84-4)78(43-48-25-15-8-16-26-48)60-35-52(72)33-58(67(60)82-2)76(56)41-46-21-11-6-12-22-46/h6-40H,41-45H2,1-5H3. The maximum Gasteiger partial charge on any atom is 0.166 e. The summed E-state index contributed by atoms with van der Waals surface area (Å²) in [6.45, 7) is 1.55. The van der Waals surface area contributed by atoms with E-state index in [1.807, 2.05) is 152 Å². The van der Waals surface area contributed by atoms with Crippen LogP contribution in [-0.4, -0.2) is 35.5 Å². The molecular formula is C70H60Cl5N5O5. The van der Waals surface area contributed by atoms with Crippen LogP contribution in [-0.2, 0) is 32.7 Å². The van der Waals surface area contributed by atoms with Gasteiger partial charge in [0.1, 0.15) is 0 Å². The molecule has 1 aliphatic heterocycles. The Labute approximate surface area is 521 Å². The van der Waals surface area contributed by atoms with E-state index in [9.17, 15) is 0 Å². The van der Waals surface area contributed by atoms with E-state index >= 15 is 0 Å². The highest BCUT2D eigenvalue weighted by molar-refractivity contribution is 6.33. The van der Waals surface area contributed by atoms with E-state index in [1.165, 1.54) is 0 Å². The van der Waals surface area contributed by atoms with Crippen molar-refractivity contribution in [2.45, 2.75) is 32.7 Å². The predicted molar refractivity (Wildman–Crippen MR) is 351 cm³/mol. The van der Waals surface area contributed by atoms with Gasteiger partial charge in [0.15, 0.2) is 28.7 Å². The van der Waals surface area contributed by atoms with Gasteiger partial charge in [-0.15, -0.1) is 0 Å². The molecule has 0 saturated carbocycles. The van der Waals surface area contributed by atoms with Crippen LogP contribution in [0.2, 0.25) is 25.1 Å². The molecule has 10 aromatic rings. The summed E-state index contributed by atoms with van der Waals surface area (Å²) in [4.78, 5) is 10.6.